The second kappa shape index (κ2) is 9.43. The Hall–Kier alpha value is -2.67. The van der Waals surface area contributed by atoms with Crippen molar-refractivity contribution in [2.24, 2.45) is 0 Å². The number of carbonyl (C=O) groups excluding carboxylic acids is 1. The zero-order chi connectivity index (χ0) is 21.7. The van der Waals surface area contributed by atoms with Gasteiger partial charge in [-0.25, -0.2) is 13.1 Å². The third-order valence-corrected chi connectivity index (χ3v) is 6.51. The highest BCUT2D eigenvalue weighted by Gasteiger charge is 2.21. The summed E-state index contributed by atoms with van der Waals surface area (Å²) in [6, 6.07) is 21.0. The molecule has 0 aliphatic heterocycles. The van der Waals surface area contributed by atoms with Crippen LogP contribution >= 0.6 is 11.6 Å². The maximum absolute atomic E-state index is 13.2. The van der Waals surface area contributed by atoms with Gasteiger partial charge in [0.05, 0.1) is 10.9 Å². The van der Waals surface area contributed by atoms with Gasteiger partial charge in [0.1, 0.15) is 0 Å². The Morgan fingerprint density at radius 3 is 2.23 bits per heavy atom. The first-order valence-electron chi connectivity index (χ1n) is 9.53. The summed E-state index contributed by atoms with van der Waals surface area (Å²) in [5.74, 6) is -0.357. The van der Waals surface area contributed by atoms with Gasteiger partial charge in [-0.1, -0.05) is 67.1 Å². The minimum atomic E-state index is -3.67. The van der Waals surface area contributed by atoms with Crippen molar-refractivity contribution in [2.45, 2.75) is 24.8 Å². The summed E-state index contributed by atoms with van der Waals surface area (Å²) in [5.41, 5.74) is 2.77. The van der Waals surface area contributed by atoms with E-state index in [0.29, 0.717) is 16.1 Å². The molecule has 0 spiro atoms. The van der Waals surface area contributed by atoms with Crippen LogP contribution in [0.3, 0.4) is 0 Å². The van der Waals surface area contributed by atoms with Gasteiger partial charge in [0.15, 0.2) is 0 Å². The van der Waals surface area contributed by atoms with Gasteiger partial charge >= 0.3 is 0 Å². The standard InChI is InChI=1S/C23H23ClN2O3S/c1-3-25-30(28,29)20-14-9-16(2)21(15-20)23(27)26-22(17-7-5-4-6-8-17)18-10-12-19(24)13-11-18/h4-15,22,25H,3H2,1-2H3,(H,26,27). The van der Waals surface area contributed by atoms with Crippen LogP contribution in [0.5, 0.6) is 0 Å². The molecule has 5 nitrogen and oxygen atoms in total. The zero-order valence-electron chi connectivity index (χ0n) is 16.7. The molecule has 3 rings (SSSR count). The lowest BCUT2D eigenvalue weighted by Gasteiger charge is -2.21. The van der Waals surface area contributed by atoms with Gasteiger partial charge in [0, 0.05) is 17.1 Å². The molecule has 1 amide bonds. The maximum atomic E-state index is 13.2. The number of sulfonamides is 1. The molecule has 156 valence electrons. The van der Waals surface area contributed by atoms with Crippen LogP contribution in [-0.2, 0) is 10.0 Å². The van der Waals surface area contributed by atoms with Crippen molar-refractivity contribution >= 4 is 27.5 Å². The van der Waals surface area contributed by atoms with Crippen LogP contribution < -0.4 is 10.0 Å². The fourth-order valence-corrected chi connectivity index (χ4v) is 4.35. The molecular weight excluding hydrogens is 420 g/mol. The number of amides is 1. The van der Waals surface area contributed by atoms with E-state index in [9.17, 15) is 13.2 Å². The second-order valence-corrected chi connectivity index (χ2v) is 9.05. The fraction of sp³-hybridized carbons (Fsp3) is 0.174. The molecule has 0 heterocycles. The summed E-state index contributed by atoms with van der Waals surface area (Å²) in [7, 11) is -3.67. The quantitative estimate of drug-likeness (QED) is 0.567. The van der Waals surface area contributed by atoms with E-state index < -0.39 is 16.1 Å². The molecule has 1 unspecified atom stereocenters. The highest BCUT2D eigenvalue weighted by Crippen LogP contribution is 2.25. The minimum Gasteiger partial charge on any atom is -0.341 e. The number of benzene rings is 3. The first-order valence-corrected chi connectivity index (χ1v) is 11.4. The summed E-state index contributed by atoms with van der Waals surface area (Å²) >= 11 is 6.02. The SMILES string of the molecule is CCNS(=O)(=O)c1ccc(C)c(C(=O)NC(c2ccccc2)c2ccc(Cl)cc2)c1. The van der Waals surface area contributed by atoms with E-state index in [0.717, 1.165) is 11.1 Å². The average Bonchev–Trinajstić information content (AvgIpc) is 2.73. The minimum absolute atomic E-state index is 0.0582. The van der Waals surface area contributed by atoms with Crippen LogP contribution in [0.1, 0.15) is 40.0 Å². The molecule has 0 fully saturated rings. The molecule has 1 atom stereocenters. The molecule has 0 saturated heterocycles. The third kappa shape index (κ3) is 5.08. The summed E-state index contributed by atoms with van der Waals surface area (Å²) in [6.07, 6.45) is 0. The van der Waals surface area contributed by atoms with Crippen molar-refractivity contribution in [2.75, 3.05) is 6.54 Å². The summed E-state index contributed by atoms with van der Waals surface area (Å²) in [4.78, 5) is 13.2. The maximum Gasteiger partial charge on any atom is 0.252 e. The van der Waals surface area contributed by atoms with E-state index in [4.69, 9.17) is 11.6 Å². The Balaban J connectivity index is 1.98. The molecule has 0 saturated carbocycles. The van der Waals surface area contributed by atoms with Gasteiger partial charge < -0.3 is 5.32 Å². The van der Waals surface area contributed by atoms with Gasteiger partial charge in [0.2, 0.25) is 10.0 Å². The highest BCUT2D eigenvalue weighted by atomic mass is 35.5. The zero-order valence-corrected chi connectivity index (χ0v) is 18.3. The lowest BCUT2D eigenvalue weighted by molar-refractivity contribution is 0.0942. The first-order chi connectivity index (χ1) is 14.3. The van der Waals surface area contributed by atoms with Gasteiger partial charge in [-0.15, -0.1) is 0 Å². The lowest BCUT2D eigenvalue weighted by Crippen LogP contribution is -2.30. The van der Waals surface area contributed by atoms with Gasteiger partial charge in [-0.3, -0.25) is 4.79 Å². The Kier molecular flexibility index (Phi) is 6.92. The first kappa shape index (κ1) is 22.0. The molecule has 7 heteroatoms. The average molecular weight is 443 g/mol. The Morgan fingerprint density at radius 2 is 1.60 bits per heavy atom. The molecule has 0 bridgehead atoms. The Labute approximate surface area is 182 Å². The van der Waals surface area contributed by atoms with Crippen LogP contribution in [0.4, 0.5) is 0 Å². The van der Waals surface area contributed by atoms with Gasteiger partial charge in [-0.2, -0.15) is 0 Å². The van der Waals surface area contributed by atoms with Crippen molar-refractivity contribution in [1.29, 1.82) is 0 Å². The van der Waals surface area contributed by atoms with Crippen LogP contribution in [0.2, 0.25) is 5.02 Å². The van der Waals surface area contributed by atoms with E-state index in [-0.39, 0.29) is 17.3 Å². The Bertz CT molecular complexity index is 1130. The molecular formula is C23H23ClN2O3S. The van der Waals surface area contributed by atoms with Gasteiger partial charge in [-0.05, 0) is 47.9 Å². The molecule has 2 N–H and O–H groups in total. The summed E-state index contributed by atoms with van der Waals surface area (Å²) < 4.78 is 27.2. The van der Waals surface area contributed by atoms with Crippen LogP contribution in [0, 0.1) is 6.92 Å². The normalized spacial score (nSPS) is 12.4. The molecule has 0 radical (unpaired) electrons. The van der Waals surface area contributed by atoms with E-state index in [2.05, 4.69) is 10.0 Å². The van der Waals surface area contributed by atoms with Crippen molar-refractivity contribution in [3.8, 4) is 0 Å². The largest absolute Gasteiger partial charge is 0.341 e. The van der Waals surface area contributed by atoms with E-state index in [1.807, 2.05) is 42.5 Å². The van der Waals surface area contributed by atoms with E-state index in [1.54, 1.807) is 32.0 Å². The molecule has 30 heavy (non-hydrogen) atoms. The number of hydrogen-bond acceptors (Lipinski definition) is 3. The number of nitrogens with one attached hydrogen (secondary N) is 2. The molecule has 3 aromatic carbocycles. The summed E-state index contributed by atoms with van der Waals surface area (Å²) in [6.45, 7) is 3.75. The summed E-state index contributed by atoms with van der Waals surface area (Å²) in [5, 5.41) is 3.65. The third-order valence-electron chi connectivity index (χ3n) is 4.71. The van der Waals surface area contributed by atoms with Crippen LogP contribution in [0.25, 0.3) is 0 Å². The van der Waals surface area contributed by atoms with E-state index >= 15 is 0 Å². The molecule has 0 aliphatic rings. The van der Waals surface area contributed by atoms with Crippen LogP contribution in [0.15, 0.2) is 77.7 Å². The van der Waals surface area contributed by atoms with E-state index in [1.165, 1.54) is 12.1 Å². The van der Waals surface area contributed by atoms with Crippen molar-refractivity contribution in [3.63, 3.8) is 0 Å². The number of rotatable bonds is 7. The second-order valence-electron chi connectivity index (χ2n) is 6.85. The number of halogens is 1. The monoisotopic (exact) mass is 442 g/mol. The van der Waals surface area contributed by atoms with Crippen molar-refractivity contribution in [1.82, 2.24) is 10.0 Å². The predicted octanol–water partition coefficient (Wildman–Crippen LogP) is 4.47. The number of aryl methyl sites for hydroxylation is 1. The Morgan fingerprint density at radius 1 is 0.967 bits per heavy atom. The predicted molar refractivity (Wildman–Crippen MR) is 119 cm³/mol. The van der Waals surface area contributed by atoms with Crippen LogP contribution in [-0.4, -0.2) is 20.9 Å². The van der Waals surface area contributed by atoms with Crippen molar-refractivity contribution < 1.29 is 13.2 Å². The fourth-order valence-electron chi connectivity index (χ4n) is 3.15. The highest BCUT2D eigenvalue weighted by molar-refractivity contribution is 7.89. The van der Waals surface area contributed by atoms with Crippen molar-refractivity contribution in [3.05, 3.63) is 100 Å². The lowest BCUT2D eigenvalue weighted by atomic mass is 9.98. The molecule has 3 aromatic rings. The molecule has 0 aliphatic carbocycles. The number of carbonyl (C=O) groups is 1. The topological polar surface area (TPSA) is 75.3 Å². The smallest absolute Gasteiger partial charge is 0.252 e. The van der Waals surface area contributed by atoms with Gasteiger partial charge in [0.25, 0.3) is 5.91 Å². The molecule has 0 aromatic heterocycles. The number of hydrogen-bond donors (Lipinski definition) is 2.